The highest BCUT2D eigenvalue weighted by Gasteiger charge is 2.19. The van der Waals surface area contributed by atoms with Crippen molar-refractivity contribution >= 4 is 11.9 Å². The minimum Gasteiger partial charge on any atom is -0.370 e. The lowest BCUT2D eigenvalue weighted by atomic mass is 10.1. The minimum absolute atomic E-state index is 0.562. The smallest absolute Gasteiger partial charge is 0.225 e. The lowest BCUT2D eigenvalue weighted by Gasteiger charge is -2.35. The molecule has 0 bridgehead atoms. The Kier molecular flexibility index (Phi) is 4.88. The zero-order valence-electron chi connectivity index (χ0n) is 14.2. The Labute approximate surface area is 142 Å². The number of nitrogens with zero attached hydrogens (tertiary/aromatic N) is 6. The lowest BCUT2D eigenvalue weighted by molar-refractivity contribution is 0.378. The van der Waals surface area contributed by atoms with E-state index in [1.165, 1.54) is 5.56 Å². The van der Waals surface area contributed by atoms with Crippen LogP contribution in [0.1, 0.15) is 16.8 Å². The minimum atomic E-state index is 0.562. The van der Waals surface area contributed by atoms with Crippen molar-refractivity contribution in [3.8, 4) is 0 Å². The van der Waals surface area contributed by atoms with E-state index in [4.69, 9.17) is 5.73 Å². The van der Waals surface area contributed by atoms with Crippen LogP contribution in [0.2, 0.25) is 0 Å². The second-order valence-electron chi connectivity index (χ2n) is 5.95. The molecule has 0 atom stereocenters. The van der Waals surface area contributed by atoms with E-state index in [0.29, 0.717) is 12.5 Å². The molecule has 7 heteroatoms. The Morgan fingerprint density at radius 3 is 2.50 bits per heavy atom. The van der Waals surface area contributed by atoms with Gasteiger partial charge in [-0.3, -0.25) is 4.98 Å². The molecule has 2 N–H and O–H groups in total. The molecule has 24 heavy (non-hydrogen) atoms. The first-order chi connectivity index (χ1) is 11.6. The van der Waals surface area contributed by atoms with Crippen molar-refractivity contribution in [2.45, 2.75) is 20.4 Å². The summed E-state index contributed by atoms with van der Waals surface area (Å²) >= 11 is 0. The molecule has 0 spiro atoms. The van der Waals surface area contributed by atoms with Crippen molar-refractivity contribution in [1.29, 1.82) is 0 Å². The Morgan fingerprint density at radius 2 is 1.83 bits per heavy atom. The van der Waals surface area contributed by atoms with Crippen molar-refractivity contribution in [3.63, 3.8) is 0 Å². The number of hydrogen-bond donors (Lipinski definition) is 1. The molecular formula is C17H23N7. The summed E-state index contributed by atoms with van der Waals surface area (Å²) in [6.45, 7) is 7.94. The van der Waals surface area contributed by atoms with E-state index in [1.807, 2.05) is 19.2 Å². The van der Waals surface area contributed by atoms with E-state index in [1.54, 1.807) is 12.4 Å². The van der Waals surface area contributed by atoms with Gasteiger partial charge in [-0.2, -0.15) is 0 Å². The first-order valence-electron chi connectivity index (χ1n) is 8.12. The molecule has 1 aliphatic heterocycles. The summed E-state index contributed by atoms with van der Waals surface area (Å²) in [5.41, 5.74) is 9.50. The SMILES string of the molecule is Cc1cc(C)c(CN=C(N)N2CCN(c3ncccn3)CC2)cn1. The number of nitrogens with two attached hydrogens (primary N) is 1. The molecule has 2 aromatic heterocycles. The third-order valence-corrected chi connectivity index (χ3v) is 4.21. The fourth-order valence-electron chi connectivity index (χ4n) is 2.75. The molecule has 1 aliphatic rings. The number of pyridine rings is 1. The predicted molar refractivity (Wildman–Crippen MR) is 94.9 cm³/mol. The topological polar surface area (TPSA) is 83.5 Å². The third kappa shape index (κ3) is 3.79. The van der Waals surface area contributed by atoms with Crippen LogP contribution < -0.4 is 10.6 Å². The van der Waals surface area contributed by atoms with Crippen LogP contribution >= 0.6 is 0 Å². The van der Waals surface area contributed by atoms with Gasteiger partial charge in [-0.25, -0.2) is 15.0 Å². The Balaban J connectivity index is 1.57. The number of aromatic nitrogens is 3. The summed E-state index contributed by atoms with van der Waals surface area (Å²) in [7, 11) is 0. The van der Waals surface area contributed by atoms with Crippen molar-refractivity contribution in [2.75, 3.05) is 31.1 Å². The van der Waals surface area contributed by atoms with Gasteiger partial charge < -0.3 is 15.5 Å². The second kappa shape index (κ2) is 7.25. The van der Waals surface area contributed by atoms with Crippen LogP contribution in [0.15, 0.2) is 35.7 Å². The van der Waals surface area contributed by atoms with Gasteiger partial charge in [-0.1, -0.05) is 0 Å². The second-order valence-corrected chi connectivity index (χ2v) is 5.95. The molecule has 2 aromatic rings. The van der Waals surface area contributed by atoms with Crippen LogP contribution in [-0.2, 0) is 6.54 Å². The average Bonchev–Trinajstić information content (AvgIpc) is 2.62. The molecule has 0 radical (unpaired) electrons. The molecule has 0 amide bonds. The molecule has 1 fully saturated rings. The highest BCUT2D eigenvalue weighted by atomic mass is 15.3. The monoisotopic (exact) mass is 325 g/mol. The summed E-state index contributed by atoms with van der Waals surface area (Å²) in [4.78, 5) is 21.7. The number of guanidine groups is 1. The third-order valence-electron chi connectivity index (χ3n) is 4.21. The van der Waals surface area contributed by atoms with Gasteiger partial charge in [-0.15, -0.1) is 0 Å². The number of aryl methyl sites for hydroxylation is 2. The van der Waals surface area contributed by atoms with Crippen LogP contribution in [0.25, 0.3) is 0 Å². The summed E-state index contributed by atoms with van der Waals surface area (Å²) in [5.74, 6) is 1.36. The maximum atomic E-state index is 6.17. The number of piperazine rings is 1. The van der Waals surface area contributed by atoms with E-state index in [0.717, 1.165) is 43.4 Å². The fourth-order valence-corrected chi connectivity index (χ4v) is 2.75. The van der Waals surface area contributed by atoms with Gasteiger partial charge in [0.15, 0.2) is 5.96 Å². The van der Waals surface area contributed by atoms with E-state index in [9.17, 15) is 0 Å². The summed E-state index contributed by atoms with van der Waals surface area (Å²) in [5, 5.41) is 0. The van der Waals surface area contributed by atoms with Gasteiger partial charge in [0.1, 0.15) is 0 Å². The maximum Gasteiger partial charge on any atom is 0.225 e. The van der Waals surface area contributed by atoms with Gasteiger partial charge in [0.05, 0.1) is 6.54 Å². The number of hydrogen-bond acceptors (Lipinski definition) is 5. The number of anilines is 1. The molecule has 1 saturated heterocycles. The van der Waals surface area contributed by atoms with Gasteiger partial charge >= 0.3 is 0 Å². The molecule has 0 unspecified atom stereocenters. The Bertz CT molecular complexity index is 706. The van der Waals surface area contributed by atoms with E-state index < -0.39 is 0 Å². The van der Waals surface area contributed by atoms with Crippen molar-refractivity contribution in [2.24, 2.45) is 10.7 Å². The first-order valence-corrected chi connectivity index (χ1v) is 8.12. The standard InChI is InChI=1S/C17H23N7/c1-13-10-14(2)21-11-15(13)12-22-16(18)23-6-8-24(9-7-23)17-19-4-3-5-20-17/h3-5,10-11H,6-9,12H2,1-2H3,(H2,18,22). The van der Waals surface area contributed by atoms with E-state index in [-0.39, 0.29) is 0 Å². The van der Waals surface area contributed by atoms with Gasteiger partial charge in [0.2, 0.25) is 5.95 Å². The van der Waals surface area contributed by atoms with Crippen LogP contribution in [0.4, 0.5) is 5.95 Å². The zero-order valence-corrected chi connectivity index (χ0v) is 14.2. The van der Waals surface area contributed by atoms with E-state index in [2.05, 4.69) is 42.7 Å². The molecule has 3 rings (SSSR count). The molecule has 0 aromatic carbocycles. The molecule has 0 aliphatic carbocycles. The highest BCUT2D eigenvalue weighted by Crippen LogP contribution is 2.11. The molecular weight excluding hydrogens is 302 g/mol. The Hall–Kier alpha value is -2.70. The number of rotatable bonds is 3. The van der Waals surface area contributed by atoms with Crippen LogP contribution in [0.3, 0.4) is 0 Å². The van der Waals surface area contributed by atoms with Crippen LogP contribution in [-0.4, -0.2) is 52.0 Å². The summed E-state index contributed by atoms with van der Waals surface area (Å²) in [6, 6.07) is 3.89. The molecule has 126 valence electrons. The quantitative estimate of drug-likeness (QED) is 0.673. The van der Waals surface area contributed by atoms with Crippen molar-refractivity contribution < 1.29 is 0 Å². The van der Waals surface area contributed by atoms with Crippen molar-refractivity contribution in [3.05, 3.63) is 47.5 Å². The maximum absolute atomic E-state index is 6.17. The predicted octanol–water partition coefficient (Wildman–Crippen LogP) is 1.13. The molecule has 0 saturated carbocycles. The highest BCUT2D eigenvalue weighted by molar-refractivity contribution is 5.78. The first kappa shape index (κ1) is 16.2. The zero-order chi connectivity index (χ0) is 16.9. The fraction of sp³-hybridized carbons (Fsp3) is 0.412. The number of aliphatic imine (C=N–C) groups is 1. The largest absolute Gasteiger partial charge is 0.370 e. The Morgan fingerprint density at radius 1 is 1.12 bits per heavy atom. The van der Waals surface area contributed by atoms with Gasteiger partial charge in [-0.05, 0) is 37.1 Å². The van der Waals surface area contributed by atoms with Crippen LogP contribution in [0.5, 0.6) is 0 Å². The lowest BCUT2D eigenvalue weighted by Crippen LogP contribution is -2.51. The average molecular weight is 325 g/mol. The van der Waals surface area contributed by atoms with Crippen molar-refractivity contribution in [1.82, 2.24) is 19.9 Å². The van der Waals surface area contributed by atoms with Gasteiger partial charge in [0, 0.05) is 50.5 Å². The van der Waals surface area contributed by atoms with E-state index >= 15 is 0 Å². The summed E-state index contributed by atoms with van der Waals surface area (Å²) in [6.07, 6.45) is 5.41. The molecule has 7 nitrogen and oxygen atoms in total. The van der Waals surface area contributed by atoms with Gasteiger partial charge in [0.25, 0.3) is 0 Å². The van der Waals surface area contributed by atoms with Crippen LogP contribution in [0, 0.1) is 13.8 Å². The molecule has 3 heterocycles. The summed E-state index contributed by atoms with van der Waals surface area (Å²) < 4.78 is 0. The normalized spacial score (nSPS) is 15.7.